The molecule has 2 unspecified atom stereocenters. The standard InChI is InChI=1S/C21H23NO3S/c1-3-4-5-7-16(2)8-6-9-17-10-13-20(23)22(17)15-14-18-11-12-19(26-18)21(24)25/h6,9,11-12,16-17H,3,7-8,10,13H2,1-2H3,(H,24,25)/b9-6+. The van der Waals surface area contributed by atoms with Crippen molar-refractivity contribution < 1.29 is 14.7 Å². The Morgan fingerprint density at radius 3 is 2.96 bits per heavy atom. The Morgan fingerprint density at radius 2 is 2.27 bits per heavy atom. The average molecular weight is 369 g/mol. The molecule has 0 saturated carbocycles. The number of thiophene rings is 1. The molecular weight excluding hydrogens is 346 g/mol. The van der Waals surface area contributed by atoms with Crippen LogP contribution in [0.5, 0.6) is 0 Å². The van der Waals surface area contributed by atoms with E-state index in [0.29, 0.717) is 17.2 Å². The van der Waals surface area contributed by atoms with Gasteiger partial charge in [-0.1, -0.05) is 26.0 Å². The normalized spacial score (nSPS) is 17.5. The number of hydrogen-bond donors (Lipinski definition) is 1. The lowest BCUT2D eigenvalue weighted by molar-refractivity contribution is -0.125. The third-order valence-corrected chi connectivity index (χ3v) is 5.01. The Bertz CT molecular complexity index is 800. The van der Waals surface area contributed by atoms with E-state index in [1.807, 2.05) is 6.92 Å². The van der Waals surface area contributed by atoms with Crippen molar-refractivity contribution in [3.63, 3.8) is 0 Å². The van der Waals surface area contributed by atoms with Crippen molar-refractivity contribution in [3.05, 3.63) is 34.0 Å². The number of likely N-dealkylation sites (tertiary alicyclic amines) is 1. The predicted octanol–water partition coefficient (Wildman–Crippen LogP) is 4.13. The summed E-state index contributed by atoms with van der Waals surface area (Å²) in [6, 6.07) is 6.10. The summed E-state index contributed by atoms with van der Waals surface area (Å²) in [6.07, 6.45) is 8.13. The number of carbonyl (C=O) groups is 2. The van der Waals surface area contributed by atoms with Crippen LogP contribution in [-0.4, -0.2) is 27.9 Å². The van der Waals surface area contributed by atoms with Gasteiger partial charge in [0.2, 0.25) is 5.91 Å². The Kier molecular flexibility index (Phi) is 7.51. The van der Waals surface area contributed by atoms with Crippen LogP contribution in [0.25, 0.3) is 0 Å². The maximum atomic E-state index is 12.1. The van der Waals surface area contributed by atoms with Crippen molar-refractivity contribution in [2.75, 3.05) is 0 Å². The minimum Gasteiger partial charge on any atom is -0.477 e. The van der Waals surface area contributed by atoms with Crippen molar-refractivity contribution in [3.8, 4) is 23.8 Å². The molecule has 1 aromatic heterocycles. The number of carboxylic acids is 1. The number of nitrogens with zero attached hydrogens (tertiary/aromatic N) is 1. The van der Waals surface area contributed by atoms with Crippen molar-refractivity contribution >= 4 is 23.2 Å². The predicted molar refractivity (Wildman–Crippen MR) is 104 cm³/mol. The van der Waals surface area contributed by atoms with E-state index >= 15 is 0 Å². The number of hydrogen-bond acceptors (Lipinski definition) is 3. The minimum absolute atomic E-state index is 0.0113. The van der Waals surface area contributed by atoms with Gasteiger partial charge in [0.25, 0.3) is 0 Å². The lowest BCUT2D eigenvalue weighted by Crippen LogP contribution is -2.26. The highest BCUT2D eigenvalue weighted by Gasteiger charge is 2.27. The Labute approximate surface area is 158 Å². The SMILES string of the molecule is CCC#CCC(C)C/C=C/C1CCC(=O)N1C#Cc1ccc(C(=O)O)s1. The fourth-order valence-corrected chi connectivity index (χ4v) is 3.28. The van der Waals surface area contributed by atoms with Gasteiger partial charge in [0.15, 0.2) is 0 Å². The van der Waals surface area contributed by atoms with Crippen molar-refractivity contribution in [1.29, 1.82) is 0 Å². The molecule has 1 amide bonds. The Hall–Kier alpha value is -2.50. The van der Waals surface area contributed by atoms with E-state index in [1.54, 1.807) is 11.0 Å². The third kappa shape index (κ3) is 5.79. The summed E-state index contributed by atoms with van der Waals surface area (Å²) < 4.78 is 0. The zero-order chi connectivity index (χ0) is 18.9. The van der Waals surface area contributed by atoms with Crippen LogP contribution in [0.15, 0.2) is 24.3 Å². The summed E-state index contributed by atoms with van der Waals surface area (Å²) in [7, 11) is 0. The van der Waals surface area contributed by atoms with Gasteiger partial charge >= 0.3 is 5.97 Å². The number of aromatic carboxylic acids is 1. The highest BCUT2D eigenvalue weighted by Crippen LogP contribution is 2.21. The monoisotopic (exact) mass is 369 g/mol. The molecule has 1 saturated heterocycles. The second kappa shape index (κ2) is 9.85. The molecule has 4 nitrogen and oxygen atoms in total. The van der Waals surface area contributed by atoms with E-state index in [-0.39, 0.29) is 16.8 Å². The lowest BCUT2D eigenvalue weighted by Gasteiger charge is -2.14. The second-order valence-electron chi connectivity index (χ2n) is 6.26. The number of carboxylic acid groups (broad SMARTS) is 1. The molecule has 0 spiro atoms. The first-order chi connectivity index (χ1) is 12.5. The van der Waals surface area contributed by atoms with Gasteiger partial charge in [-0.05, 0) is 36.8 Å². The van der Waals surface area contributed by atoms with Crippen LogP contribution in [0.1, 0.15) is 60.5 Å². The Balaban J connectivity index is 1.96. The van der Waals surface area contributed by atoms with E-state index < -0.39 is 5.97 Å². The van der Waals surface area contributed by atoms with Crippen molar-refractivity contribution in [2.24, 2.45) is 5.92 Å². The molecule has 5 heteroatoms. The number of rotatable bonds is 5. The fraction of sp³-hybridized carbons (Fsp3) is 0.429. The van der Waals surface area contributed by atoms with E-state index in [2.05, 4.69) is 42.9 Å². The Morgan fingerprint density at radius 1 is 1.46 bits per heavy atom. The van der Waals surface area contributed by atoms with Crippen LogP contribution in [-0.2, 0) is 4.79 Å². The molecule has 1 fully saturated rings. The molecule has 2 heterocycles. The topological polar surface area (TPSA) is 57.6 Å². The summed E-state index contributed by atoms with van der Waals surface area (Å²) in [5, 5.41) is 8.95. The smallest absolute Gasteiger partial charge is 0.345 e. The maximum Gasteiger partial charge on any atom is 0.345 e. The van der Waals surface area contributed by atoms with Gasteiger partial charge < -0.3 is 5.11 Å². The van der Waals surface area contributed by atoms with Crippen LogP contribution in [0, 0.1) is 29.7 Å². The van der Waals surface area contributed by atoms with Gasteiger partial charge in [0.05, 0.1) is 10.9 Å². The summed E-state index contributed by atoms with van der Waals surface area (Å²) >= 11 is 1.12. The minimum atomic E-state index is -0.959. The first-order valence-corrected chi connectivity index (χ1v) is 9.62. The second-order valence-corrected chi connectivity index (χ2v) is 7.34. The zero-order valence-electron chi connectivity index (χ0n) is 15.1. The summed E-state index contributed by atoms with van der Waals surface area (Å²) in [4.78, 5) is 25.4. The summed E-state index contributed by atoms with van der Waals surface area (Å²) in [5.74, 6) is 8.71. The molecule has 0 bridgehead atoms. The number of amides is 1. The molecule has 1 aliphatic heterocycles. The number of allylic oxidation sites excluding steroid dienone is 1. The molecule has 2 rings (SSSR count). The fourth-order valence-electron chi connectivity index (χ4n) is 2.59. The van der Waals surface area contributed by atoms with Crippen molar-refractivity contribution in [1.82, 2.24) is 4.90 Å². The van der Waals surface area contributed by atoms with Gasteiger partial charge in [0, 0.05) is 25.3 Å². The first-order valence-electron chi connectivity index (χ1n) is 8.80. The van der Waals surface area contributed by atoms with Crippen LogP contribution < -0.4 is 0 Å². The molecule has 1 aromatic rings. The zero-order valence-corrected chi connectivity index (χ0v) is 15.9. The van der Waals surface area contributed by atoms with Gasteiger partial charge in [-0.25, -0.2) is 4.79 Å². The molecule has 1 aliphatic rings. The molecule has 0 aromatic carbocycles. The molecule has 136 valence electrons. The van der Waals surface area contributed by atoms with E-state index in [1.165, 1.54) is 6.07 Å². The molecule has 0 radical (unpaired) electrons. The van der Waals surface area contributed by atoms with Gasteiger partial charge in [0.1, 0.15) is 4.88 Å². The average Bonchev–Trinajstić information content (AvgIpc) is 3.21. The molecule has 0 aliphatic carbocycles. The van der Waals surface area contributed by atoms with Gasteiger partial charge in [-0.3, -0.25) is 9.69 Å². The highest BCUT2D eigenvalue weighted by atomic mass is 32.1. The number of carbonyl (C=O) groups excluding carboxylic acids is 1. The van der Waals surface area contributed by atoms with Crippen LogP contribution in [0.2, 0.25) is 0 Å². The quantitative estimate of drug-likeness (QED) is 0.627. The largest absolute Gasteiger partial charge is 0.477 e. The van der Waals surface area contributed by atoms with Gasteiger partial charge in [-0.2, -0.15) is 0 Å². The molecule has 26 heavy (non-hydrogen) atoms. The van der Waals surface area contributed by atoms with E-state index in [0.717, 1.165) is 37.0 Å². The summed E-state index contributed by atoms with van der Waals surface area (Å²) in [5.41, 5.74) is 0. The summed E-state index contributed by atoms with van der Waals surface area (Å²) in [6.45, 7) is 4.21. The van der Waals surface area contributed by atoms with E-state index in [4.69, 9.17) is 5.11 Å². The first kappa shape index (κ1) is 19.8. The lowest BCUT2D eigenvalue weighted by atomic mass is 10.0. The third-order valence-electron chi connectivity index (χ3n) is 4.02. The molecular formula is C21H23NO3S. The van der Waals surface area contributed by atoms with Crippen LogP contribution in [0.3, 0.4) is 0 Å². The molecule has 1 N–H and O–H groups in total. The van der Waals surface area contributed by atoms with Crippen molar-refractivity contribution in [2.45, 2.75) is 52.0 Å². The van der Waals surface area contributed by atoms with Gasteiger partial charge in [-0.15, -0.1) is 23.2 Å². The molecule has 2 atom stereocenters. The highest BCUT2D eigenvalue weighted by molar-refractivity contribution is 7.14. The van der Waals surface area contributed by atoms with Crippen LogP contribution >= 0.6 is 11.3 Å². The van der Waals surface area contributed by atoms with Crippen LogP contribution in [0.4, 0.5) is 0 Å². The van der Waals surface area contributed by atoms with E-state index in [9.17, 15) is 9.59 Å². The maximum absolute atomic E-state index is 12.1.